The summed E-state index contributed by atoms with van der Waals surface area (Å²) in [5.74, 6) is 0.922. The van der Waals surface area contributed by atoms with Crippen LogP contribution in [0.25, 0.3) is 0 Å². The van der Waals surface area contributed by atoms with Crippen molar-refractivity contribution < 1.29 is 4.74 Å². The fourth-order valence-corrected chi connectivity index (χ4v) is 1.79. The van der Waals surface area contributed by atoms with Crippen LogP contribution < -0.4 is 10.1 Å². The SMILES string of the molecule is [c]1cccc(OCCC2CCCN2)c1. The average molecular weight is 190 g/mol. The van der Waals surface area contributed by atoms with Gasteiger partial charge in [0.15, 0.2) is 0 Å². The minimum absolute atomic E-state index is 0.669. The van der Waals surface area contributed by atoms with Gasteiger partial charge in [-0.15, -0.1) is 0 Å². The minimum Gasteiger partial charge on any atom is -0.494 e. The molecular formula is C12H16NO. The Bertz CT molecular complexity index is 254. The Morgan fingerprint density at radius 1 is 1.57 bits per heavy atom. The predicted octanol–water partition coefficient (Wildman–Crippen LogP) is 2.01. The lowest BCUT2D eigenvalue weighted by molar-refractivity contribution is 0.292. The molecule has 1 fully saturated rings. The minimum atomic E-state index is 0.669. The lowest BCUT2D eigenvalue weighted by Crippen LogP contribution is -2.23. The zero-order chi connectivity index (χ0) is 9.64. The van der Waals surface area contributed by atoms with Crippen LogP contribution in [0.3, 0.4) is 0 Å². The number of rotatable bonds is 4. The highest BCUT2D eigenvalue weighted by molar-refractivity contribution is 5.19. The summed E-state index contributed by atoms with van der Waals surface area (Å²) in [6.45, 7) is 1.97. The molecule has 2 heteroatoms. The van der Waals surface area contributed by atoms with E-state index in [2.05, 4.69) is 11.4 Å². The maximum Gasteiger partial charge on any atom is 0.119 e. The van der Waals surface area contributed by atoms with Crippen molar-refractivity contribution in [3.8, 4) is 5.75 Å². The summed E-state index contributed by atoms with van der Waals surface area (Å²) in [6.07, 6.45) is 3.71. The fraction of sp³-hybridized carbons (Fsp3) is 0.500. The van der Waals surface area contributed by atoms with Crippen LogP contribution in [-0.2, 0) is 0 Å². The number of nitrogens with one attached hydrogen (secondary N) is 1. The van der Waals surface area contributed by atoms with Crippen molar-refractivity contribution in [3.63, 3.8) is 0 Å². The molecule has 1 aliphatic rings. The molecule has 2 nitrogen and oxygen atoms in total. The van der Waals surface area contributed by atoms with E-state index < -0.39 is 0 Å². The lowest BCUT2D eigenvalue weighted by atomic mass is 10.2. The highest BCUT2D eigenvalue weighted by Crippen LogP contribution is 2.11. The molecule has 0 saturated carbocycles. The molecule has 75 valence electrons. The molecule has 0 bridgehead atoms. The number of hydrogen-bond donors (Lipinski definition) is 1. The highest BCUT2D eigenvalue weighted by Gasteiger charge is 2.13. The van der Waals surface area contributed by atoms with Crippen LogP contribution in [0.5, 0.6) is 5.75 Å². The second kappa shape index (κ2) is 5.01. The van der Waals surface area contributed by atoms with Gasteiger partial charge in [0, 0.05) is 6.04 Å². The lowest BCUT2D eigenvalue weighted by Gasteiger charge is -2.10. The zero-order valence-corrected chi connectivity index (χ0v) is 8.33. The van der Waals surface area contributed by atoms with Crippen molar-refractivity contribution in [1.82, 2.24) is 5.32 Å². The summed E-state index contributed by atoms with van der Waals surface area (Å²) >= 11 is 0. The molecule has 1 heterocycles. The molecular weight excluding hydrogens is 174 g/mol. The van der Waals surface area contributed by atoms with Gasteiger partial charge in [0.2, 0.25) is 0 Å². The Balaban J connectivity index is 1.67. The molecule has 1 atom stereocenters. The summed E-state index contributed by atoms with van der Waals surface area (Å²) in [7, 11) is 0. The second-order valence-corrected chi connectivity index (χ2v) is 3.67. The number of hydrogen-bond acceptors (Lipinski definition) is 2. The van der Waals surface area contributed by atoms with E-state index in [0.29, 0.717) is 6.04 Å². The number of ether oxygens (including phenoxy) is 1. The van der Waals surface area contributed by atoms with E-state index >= 15 is 0 Å². The van der Waals surface area contributed by atoms with E-state index in [4.69, 9.17) is 4.74 Å². The smallest absolute Gasteiger partial charge is 0.119 e. The predicted molar refractivity (Wildman–Crippen MR) is 56.4 cm³/mol. The van der Waals surface area contributed by atoms with Gasteiger partial charge < -0.3 is 10.1 Å². The van der Waals surface area contributed by atoms with Gasteiger partial charge in [0.25, 0.3) is 0 Å². The largest absolute Gasteiger partial charge is 0.494 e. The topological polar surface area (TPSA) is 21.3 Å². The summed E-state index contributed by atoms with van der Waals surface area (Å²) in [6, 6.07) is 11.3. The van der Waals surface area contributed by atoms with Crippen molar-refractivity contribution in [3.05, 3.63) is 30.3 Å². The Kier molecular flexibility index (Phi) is 3.41. The van der Waals surface area contributed by atoms with Gasteiger partial charge in [-0.2, -0.15) is 0 Å². The molecule has 1 aromatic rings. The maximum absolute atomic E-state index is 5.60. The van der Waals surface area contributed by atoms with Crippen molar-refractivity contribution in [1.29, 1.82) is 0 Å². The van der Waals surface area contributed by atoms with E-state index in [0.717, 1.165) is 18.8 Å². The maximum atomic E-state index is 5.60. The average Bonchev–Trinajstić information content (AvgIpc) is 2.72. The molecule has 14 heavy (non-hydrogen) atoms. The van der Waals surface area contributed by atoms with Gasteiger partial charge in [-0.1, -0.05) is 12.1 Å². The Labute approximate surface area is 85.3 Å². The first-order valence-corrected chi connectivity index (χ1v) is 5.27. The zero-order valence-electron chi connectivity index (χ0n) is 8.33. The normalized spacial score (nSPS) is 21.0. The van der Waals surface area contributed by atoms with Crippen molar-refractivity contribution >= 4 is 0 Å². The van der Waals surface area contributed by atoms with Gasteiger partial charge in [-0.05, 0) is 44.0 Å². The molecule has 0 aromatic heterocycles. The van der Waals surface area contributed by atoms with Gasteiger partial charge in [-0.3, -0.25) is 0 Å². The van der Waals surface area contributed by atoms with E-state index in [9.17, 15) is 0 Å². The highest BCUT2D eigenvalue weighted by atomic mass is 16.5. The van der Waals surface area contributed by atoms with Crippen LogP contribution in [0.2, 0.25) is 0 Å². The molecule has 0 amide bonds. The van der Waals surface area contributed by atoms with E-state index in [1.165, 1.54) is 19.4 Å². The second-order valence-electron chi connectivity index (χ2n) is 3.67. The standard InChI is InChI=1S/C12H16NO/c1-2-6-12(7-3-1)14-10-8-11-5-4-9-13-11/h1-2,6-7,11,13H,4-5,8-10H2. The van der Waals surface area contributed by atoms with Gasteiger partial charge in [0.1, 0.15) is 5.75 Å². The molecule has 0 spiro atoms. The molecule has 1 saturated heterocycles. The molecule has 1 aliphatic heterocycles. The quantitative estimate of drug-likeness (QED) is 0.784. The van der Waals surface area contributed by atoms with Crippen LogP contribution in [0, 0.1) is 6.07 Å². The van der Waals surface area contributed by atoms with Gasteiger partial charge in [0.05, 0.1) is 6.61 Å². The number of benzene rings is 1. The molecule has 1 N–H and O–H groups in total. The van der Waals surface area contributed by atoms with Crippen molar-refractivity contribution in [2.24, 2.45) is 0 Å². The summed E-state index contributed by atoms with van der Waals surface area (Å²) in [5.41, 5.74) is 0. The fourth-order valence-electron chi connectivity index (χ4n) is 1.79. The van der Waals surface area contributed by atoms with E-state index in [-0.39, 0.29) is 0 Å². The molecule has 1 radical (unpaired) electrons. The molecule has 2 rings (SSSR count). The van der Waals surface area contributed by atoms with Crippen LogP contribution in [0.15, 0.2) is 24.3 Å². The van der Waals surface area contributed by atoms with Gasteiger partial charge >= 0.3 is 0 Å². The van der Waals surface area contributed by atoms with Crippen LogP contribution >= 0.6 is 0 Å². The third-order valence-corrected chi connectivity index (χ3v) is 2.58. The van der Waals surface area contributed by atoms with E-state index in [1.54, 1.807) is 0 Å². The van der Waals surface area contributed by atoms with Crippen molar-refractivity contribution in [2.75, 3.05) is 13.2 Å². The Morgan fingerprint density at radius 2 is 2.57 bits per heavy atom. The summed E-state index contributed by atoms with van der Waals surface area (Å²) in [5, 5.41) is 3.46. The van der Waals surface area contributed by atoms with Gasteiger partial charge in [-0.25, -0.2) is 0 Å². The van der Waals surface area contributed by atoms with Crippen LogP contribution in [0.4, 0.5) is 0 Å². The third-order valence-electron chi connectivity index (χ3n) is 2.58. The third kappa shape index (κ3) is 2.74. The molecule has 0 aliphatic carbocycles. The first-order valence-electron chi connectivity index (χ1n) is 5.27. The first kappa shape index (κ1) is 9.53. The Morgan fingerprint density at radius 3 is 3.29 bits per heavy atom. The first-order chi connectivity index (χ1) is 6.95. The molecule has 1 unspecified atom stereocenters. The summed E-state index contributed by atoms with van der Waals surface area (Å²) in [4.78, 5) is 0. The van der Waals surface area contributed by atoms with Crippen LogP contribution in [0.1, 0.15) is 19.3 Å². The van der Waals surface area contributed by atoms with E-state index in [1.807, 2.05) is 24.3 Å². The monoisotopic (exact) mass is 190 g/mol. The molecule has 1 aromatic carbocycles. The van der Waals surface area contributed by atoms with Crippen LogP contribution in [-0.4, -0.2) is 19.2 Å². The Hall–Kier alpha value is -1.02. The summed E-state index contributed by atoms with van der Waals surface area (Å²) < 4.78 is 5.60. The van der Waals surface area contributed by atoms with Crippen molar-refractivity contribution in [2.45, 2.75) is 25.3 Å².